The summed E-state index contributed by atoms with van der Waals surface area (Å²) in [5, 5.41) is 5.69. The van der Waals surface area contributed by atoms with Gasteiger partial charge in [0.05, 0.1) is 32.6 Å². The van der Waals surface area contributed by atoms with E-state index >= 15 is 0 Å². The number of nitrogens with two attached hydrogens (primary N) is 1. The molecule has 2 aliphatic rings. The second-order valence-corrected chi connectivity index (χ2v) is 12.0. The van der Waals surface area contributed by atoms with E-state index in [1.54, 1.807) is 0 Å². The number of ether oxygens (including phenoxy) is 1. The molecule has 0 radical (unpaired) electrons. The molecule has 1 fully saturated rings. The number of anilines is 1. The number of nitrogens with zero attached hydrogens (tertiary/aromatic N) is 4. The van der Waals surface area contributed by atoms with Gasteiger partial charge in [0.15, 0.2) is 23.2 Å². The molecule has 4 rings (SSSR count). The van der Waals surface area contributed by atoms with Crippen molar-refractivity contribution in [2.75, 3.05) is 39.6 Å². The van der Waals surface area contributed by atoms with Gasteiger partial charge in [0.1, 0.15) is 24.6 Å². The molecule has 2 atom stereocenters. The topological polar surface area (TPSA) is 161 Å². The van der Waals surface area contributed by atoms with Crippen LogP contribution in [0.2, 0.25) is 0 Å². The molecule has 1 saturated heterocycles. The van der Waals surface area contributed by atoms with Crippen molar-refractivity contribution in [1.82, 2.24) is 9.29 Å². The number of hydrogen-bond donors (Lipinski definition) is 2. The number of nitrogen functional groups attached to an aromatic ring is 1. The summed E-state index contributed by atoms with van der Waals surface area (Å²) in [6.07, 6.45) is 0.652. The van der Waals surface area contributed by atoms with Gasteiger partial charge in [0.2, 0.25) is 5.91 Å². The van der Waals surface area contributed by atoms with Crippen LogP contribution in [0.3, 0.4) is 0 Å². The lowest BCUT2D eigenvalue weighted by Crippen LogP contribution is -2.62. The van der Waals surface area contributed by atoms with Crippen molar-refractivity contribution in [2.45, 2.75) is 32.4 Å². The highest BCUT2D eigenvalue weighted by molar-refractivity contribution is 7.84. The zero-order chi connectivity index (χ0) is 27.0. The number of quaternary nitrogens is 1. The standard InChI is InChI=1S/C23H29N5O7S2/c1-14-18(22(30)27(14)37(31,32)33)11-20(29)21(19-13-36-23(24)25-19)26-35-9-8-34-17-5-4-16-12-28(2,3)7-6-15(16)10-17/h4-5,10,13-14,18H,6-9,11-12H2,1-3H3,(H2-,24,25,31,32,33)/p+1/b26-21-/t14-,18-/m0/s1. The SMILES string of the molecule is C[C@H]1[C@H](CC(=O)/C(=N\OCCOc2ccc3c(c2)CC[N+](C)(C)C3)c2csc(N)n2)C(=O)N1S(=O)(=O)O. The molecule has 0 unspecified atom stereocenters. The Balaban J connectivity index is 1.36. The minimum Gasteiger partial charge on any atom is -0.490 e. The molecule has 37 heavy (non-hydrogen) atoms. The highest BCUT2D eigenvalue weighted by atomic mass is 32.2. The molecule has 0 saturated carbocycles. The van der Waals surface area contributed by atoms with Crippen LogP contribution in [0.5, 0.6) is 5.75 Å². The first-order valence-electron chi connectivity index (χ1n) is 11.7. The van der Waals surface area contributed by atoms with E-state index in [4.69, 9.17) is 19.9 Å². The number of aromatic nitrogens is 1. The van der Waals surface area contributed by atoms with Crippen LogP contribution in [0.4, 0.5) is 5.13 Å². The van der Waals surface area contributed by atoms with Crippen molar-refractivity contribution in [1.29, 1.82) is 0 Å². The van der Waals surface area contributed by atoms with Gasteiger partial charge >= 0.3 is 10.3 Å². The van der Waals surface area contributed by atoms with Gasteiger partial charge in [-0.15, -0.1) is 11.3 Å². The van der Waals surface area contributed by atoms with Crippen LogP contribution in [0, 0.1) is 5.92 Å². The van der Waals surface area contributed by atoms with E-state index in [2.05, 4.69) is 30.3 Å². The highest BCUT2D eigenvalue weighted by Crippen LogP contribution is 2.32. The van der Waals surface area contributed by atoms with Gasteiger partial charge < -0.3 is 19.8 Å². The van der Waals surface area contributed by atoms with E-state index < -0.39 is 34.0 Å². The van der Waals surface area contributed by atoms with Crippen LogP contribution in [-0.4, -0.2) is 84.0 Å². The minimum absolute atomic E-state index is 0.0483. The summed E-state index contributed by atoms with van der Waals surface area (Å²) in [5.41, 5.74) is 8.34. The van der Waals surface area contributed by atoms with Crippen LogP contribution in [-0.2, 0) is 37.7 Å². The Morgan fingerprint density at radius 3 is 2.73 bits per heavy atom. The first-order valence-corrected chi connectivity index (χ1v) is 14.0. The second-order valence-electron chi connectivity index (χ2n) is 9.78. The maximum absolute atomic E-state index is 13.0. The first kappa shape index (κ1) is 27.0. The Bertz CT molecular complexity index is 1340. The predicted molar refractivity (Wildman–Crippen MR) is 136 cm³/mol. The summed E-state index contributed by atoms with van der Waals surface area (Å²) in [5.74, 6) is -1.62. The molecule has 14 heteroatoms. The Hall–Kier alpha value is -3.07. The fourth-order valence-corrected chi connectivity index (χ4v) is 5.99. The molecule has 0 spiro atoms. The van der Waals surface area contributed by atoms with E-state index in [0.717, 1.165) is 41.1 Å². The number of β-lactam (4-membered cyclic amide) rings is 1. The van der Waals surface area contributed by atoms with Gasteiger partial charge in [-0.3, -0.25) is 14.1 Å². The Morgan fingerprint density at radius 1 is 1.32 bits per heavy atom. The largest absolute Gasteiger partial charge is 0.490 e. The number of benzene rings is 1. The molecule has 1 amide bonds. The summed E-state index contributed by atoms with van der Waals surface area (Å²) in [6, 6.07) is 5.17. The van der Waals surface area contributed by atoms with Crippen molar-refractivity contribution in [2.24, 2.45) is 11.1 Å². The molecule has 2 aliphatic heterocycles. The number of carbonyl (C=O) groups excluding carboxylic acids is 2. The van der Waals surface area contributed by atoms with Crippen molar-refractivity contribution < 1.29 is 36.6 Å². The lowest BCUT2D eigenvalue weighted by Gasteiger charge is -2.41. The van der Waals surface area contributed by atoms with E-state index in [1.807, 2.05) is 12.1 Å². The monoisotopic (exact) mass is 552 g/mol. The molecular weight excluding hydrogens is 522 g/mol. The molecule has 12 nitrogen and oxygen atoms in total. The molecule has 1 aromatic carbocycles. The van der Waals surface area contributed by atoms with Crippen molar-refractivity contribution in [3.05, 3.63) is 40.4 Å². The second kappa shape index (κ2) is 10.4. The third-order valence-corrected chi connectivity index (χ3v) is 8.21. The number of hydrogen-bond acceptors (Lipinski definition) is 10. The predicted octanol–water partition coefficient (Wildman–Crippen LogP) is 1.27. The highest BCUT2D eigenvalue weighted by Gasteiger charge is 2.51. The molecule has 200 valence electrons. The quantitative estimate of drug-likeness (QED) is 0.110. The zero-order valence-corrected chi connectivity index (χ0v) is 22.4. The lowest BCUT2D eigenvalue weighted by molar-refractivity contribution is -0.905. The molecule has 0 aliphatic carbocycles. The summed E-state index contributed by atoms with van der Waals surface area (Å²) in [6.45, 7) is 3.70. The van der Waals surface area contributed by atoms with E-state index in [1.165, 1.54) is 23.4 Å². The van der Waals surface area contributed by atoms with E-state index in [0.29, 0.717) is 4.31 Å². The summed E-state index contributed by atoms with van der Waals surface area (Å²) in [4.78, 5) is 34.6. The van der Waals surface area contributed by atoms with E-state index in [9.17, 15) is 18.0 Å². The number of carbonyl (C=O) groups is 2. The third kappa shape index (κ3) is 6.09. The van der Waals surface area contributed by atoms with Crippen LogP contribution in [0.1, 0.15) is 30.2 Å². The summed E-state index contributed by atoms with van der Waals surface area (Å²) in [7, 11) is -0.258. The molecular formula is C23H30N5O7S2+. The van der Waals surface area contributed by atoms with Gasteiger partial charge in [-0.1, -0.05) is 5.16 Å². The Morgan fingerprint density at radius 2 is 2.08 bits per heavy atom. The lowest BCUT2D eigenvalue weighted by atomic mass is 9.86. The van der Waals surface area contributed by atoms with E-state index in [-0.39, 0.29) is 36.2 Å². The molecule has 0 bridgehead atoms. The Kier molecular flexibility index (Phi) is 7.55. The molecule has 1 aromatic heterocycles. The number of amides is 1. The fraction of sp³-hybridized carbons (Fsp3) is 0.478. The Labute approximate surface area is 219 Å². The zero-order valence-electron chi connectivity index (χ0n) is 20.8. The molecule has 2 aromatic rings. The van der Waals surface area contributed by atoms with Crippen LogP contribution >= 0.6 is 11.3 Å². The smallest absolute Gasteiger partial charge is 0.362 e. The van der Waals surface area contributed by atoms with Gasteiger partial charge in [0, 0.05) is 23.8 Å². The number of Topliss-reactive ketones (excluding diaryl/α,β-unsaturated/α-hetero) is 1. The van der Waals surface area contributed by atoms with Crippen molar-refractivity contribution in [3.8, 4) is 5.75 Å². The third-order valence-electron chi connectivity index (χ3n) is 6.53. The molecule has 3 heterocycles. The number of likely N-dealkylation sites (N-methyl/N-ethyl adjacent to an activating group) is 1. The first-order chi connectivity index (χ1) is 17.4. The van der Waals surface area contributed by atoms with Crippen molar-refractivity contribution >= 4 is 44.2 Å². The number of rotatable bonds is 10. The van der Waals surface area contributed by atoms with Crippen LogP contribution in [0.25, 0.3) is 0 Å². The van der Waals surface area contributed by atoms with Crippen molar-refractivity contribution in [3.63, 3.8) is 0 Å². The fourth-order valence-electron chi connectivity index (χ4n) is 4.52. The average Bonchev–Trinajstić information content (AvgIpc) is 3.24. The maximum atomic E-state index is 13.0. The average molecular weight is 553 g/mol. The van der Waals surface area contributed by atoms with Gasteiger partial charge in [-0.05, 0) is 30.7 Å². The summed E-state index contributed by atoms with van der Waals surface area (Å²) >= 11 is 1.11. The number of thiazole rings is 1. The number of ketones is 1. The summed E-state index contributed by atoms with van der Waals surface area (Å²) < 4.78 is 38.9. The van der Waals surface area contributed by atoms with Gasteiger partial charge in [-0.2, -0.15) is 8.42 Å². The normalized spacial score (nSPS) is 21.2. The number of oxime groups is 1. The van der Waals surface area contributed by atoms with Crippen LogP contribution < -0.4 is 10.5 Å². The molecule has 3 N–H and O–H groups in total. The van der Waals surface area contributed by atoms with Crippen LogP contribution in [0.15, 0.2) is 28.7 Å². The van der Waals surface area contributed by atoms with Gasteiger partial charge in [0.25, 0.3) is 0 Å². The minimum atomic E-state index is -4.68. The number of fused-ring (bicyclic) bond motifs is 1. The van der Waals surface area contributed by atoms with Gasteiger partial charge in [-0.25, -0.2) is 9.29 Å². The maximum Gasteiger partial charge on any atom is 0.362 e.